The Balaban J connectivity index is 0.000000220. The van der Waals surface area contributed by atoms with Crippen molar-refractivity contribution < 1.29 is 29.3 Å². The molecular formula is C32H34N2O6. The predicted molar refractivity (Wildman–Crippen MR) is 153 cm³/mol. The molecule has 0 aliphatic carbocycles. The van der Waals surface area contributed by atoms with Gasteiger partial charge in [0.15, 0.2) is 0 Å². The van der Waals surface area contributed by atoms with Gasteiger partial charge in [-0.25, -0.2) is 0 Å². The number of nitrogens with two attached hydrogens (primary N) is 2. The molecule has 6 N–H and O–H groups in total. The number of ether oxygens (including phenoxy) is 2. The molecule has 0 fully saturated rings. The van der Waals surface area contributed by atoms with Crippen LogP contribution < -0.4 is 20.9 Å². The first-order valence-electron chi connectivity index (χ1n) is 12.8. The van der Waals surface area contributed by atoms with E-state index in [-0.39, 0.29) is 0 Å². The number of carboxylic acids is 2. The largest absolute Gasteiger partial charge is 0.489 e. The lowest BCUT2D eigenvalue weighted by molar-refractivity contribution is -0.139. The minimum atomic E-state index is -0.991. The van der Waals surface area contributed by atoms with Crippen LogP contribution in [0.15, 0.2) is 109 Å². The molecule has 4 aromatic carbocycles. The second kappa shape index (κ2) is 15.7. The van der Waals surface area contributed by atoms with Crippen molar-refractivity contribution in [3.63, 3.8) is 0 Å². The van der Waals surface area contributed by atoms with Crippen LogP contribution in [0.5, 0.6) is 11.5 Å². The number of carboxylic acid groups (broad SMARTS) is 2. The third-order valence-electron chi connectivity index (χ3n) is 5.89. The number of benzene rings is 4. The van der Waals surface area contributed by atoms with Crippen molar-refractivity contribution in [1.29, 1.82) is 0 Å². The second-order valence-electron chi connectivity index (χ2n) is 9.13. The van der Waals surface area contributed by atoms with Gasteiger partial charge in [0.25, 0.3) is 0 Å². The molecular weight excluding hydrogens is 508 g/mol. The molecule has 0 saturated heterocycles. The van der Waals surface area contributed by atoms with Gasteiger partial charge in [-0.05, 0) is 59.4 Å². The highest BCUT2D eigenvalue weighted by atomic mass is 16.5. The number of hydrogen-bond acceptors (Lipinski definition) is 6. The van der Waals surface area contributed by atoms with Crippen molar-refractivity contribution >= 4 is 11.9 Å². The second-order valence-corrected chi connectivity index (χ2v) is 9.13. The lowest BCUT2D eigenvalue weighted by Gasteiger charge is -2.09. The van der Waals surface area contributed by atoms with Gasteiger partial charge >= 0.3 is 11.9 Å². The van der Waals surface area contributed by atoms with E-state index in [4.69, 9.17) is 31.2 Å². The Morgan fingerprint density at radius 2 is 0.850 bits per heavy atom. The van der Waals surface area contributed by atoms with Gasteiger partial charge in [0.1, 0.15) is 36.8 Å². The van der Waals surface area contributed by atoms with Crippen molar-refractivity contribution in [2.24, 2.45) is 11.5 Å². The highest BCUT2D eigenvalue weighted by molar-refractivity contribution is 5.73. The standard InChI is InChI=1S/2C16H17NO3/c2*17-15(16(18)19)10-12-6-8-14(9-7-12)20-11-13-4-2-1-3-5-13/h2*1-9,15H,10-11,17H2,(H,18,19)/t2*15-/m00/s1. The smallest absolute Gasteiger partial charge is 0.320 e. The van der Waals surface area contributed by atoms with Crippen LogP contribution >= 0.6 is 0 Å². The summed E-state index contributed by atoms with van der Waals surface area (Å²) in [5.41, 5.74) is 14.9. The van der Waals surface area contributed by atoms with E-state index in [1.54, 1.807) is 0 Å². The first-order valence-corrected chi connectivity index (χ1v) is 12.8. The maximum Gasteiger partial charge on any atom is 0.320 e. The number of carbonyl (C=O) groups is 2. The molecule has 0 aliphatic rings. The van der Waals surface area contributed by atoms with Crippen molar-refractivity contribution in [3.05, 3.63) is 131 Å². The van der Waals surface area contributed by atoms with E-state index in [2.05, 4.69) is 0 Å². The van der Waals surface area contributed by atoms with E-state index in [0.717, 1.165) is 33.8 Å². The molecule has 0 spiro atoms. The molecule has 8 heteroatoms. The summed E-state index contributed by atoms with van der Waals surface area (Å²) in [5, 5.41) is 17.5. The van der Waals surface area contributed by atoms with E-state index in [9.17, 15) is 9.59 Å². The number of rotatable bonds is 12. The molecule has 4 rings (SSSR count). The molecule has 0 aliphatic heterocycles. The Morgan fingerprint density at radius 3 is 1.15 bits per heavy atom. The number of hydrogen-bond donors (Lipinski definition) is 4. The minimum Gasteiger partial charge on any atom is -0.489 e. The molecule has 0 radical (unpaired) electrons. The first-order chi connectivity index (χ1) is 19.3. The van der Waals surface area contributed by atoms with Gasteiger partial charge < -0.3 is 31.2 Å². The molecule has 0 bridgehead atoms. The van der Waals surface area contributed by atoms with E-state index < -0.39 is 24.0 Å². The highest BCUT2D eigenvalue weighted by Crippen LogP contribution is 2.16. The zero-order valence-corrected chi connectivity index (χ0v) is 22.1. The zero-order valence-electron chi connectivity index (χ0n) is 22.1. The highest BCUT2D eigenvalue weighted by Gasteiger charge is 2.12. The van der Waals surface area contributed by atoms with Gasteiger partial charge in [0, 0.05) is 0 Å². The summed E-state index contributed by atoms with van der Waals surface area (Å²) in [6.07, 6.45) is 0.628. The van der Waals surface area contributed by atoms with E-state index in [1.807, 2.05) is 109 Å². The average Bonchev–Trinajstić information content (AvgIpc) is 2.98. The summed E-state index contributed by atoms with van der Waals surface area (Å²) in [7, 11) is 0. The molecule has 4 aromatic rings. The maximum atomic E-state index is 10.7. The van der Waals surface area contributed by atoms with Crippen LogP contribution in [0, 0.1) is 0 Å². The fourth-order valence-electron chi connectivity index (χ4n) is 3.61. The van der Waals surface area contributed by atoms with Gasteiger partial charge in [-0.15, -0.1) is 0 Å². The van der Waals surface area contributed by atoms with E-state index >= 15 is 0 Å². The van der Waals surface area contributed by atoms with E-state index in [1.165, 1.54) is 0 Å². The fraction of sp³-hybridized carbons (Fsp3) is 0.188. The zero-order chi connectivity index (χ0) is 28.7. The Hall–Kier alpha value is -4.66. The molecule has 208 valence electrons. The van der Waals surface area contributed by atoms with Crippen LogP contribution in [-0.2, 0) is 35.6 Å². The summed E-state index contributed by atoms with van der Waals surface area (Å²) in [6, 6.07) is 32.7. The molecule has 0 heterocycles. The van der Waals surface area contributed by atoms with Gasteiger partial charge in [0.05, 0.1) is 0 Å². The predicted octanol–water partition coefficient (Wildman–Crippen LogP) is 4.44. The van der Waals surface area contributed by atoms with Crippen LogP contribution in [0.2, 0.25) is 0 Å². The lowest BCUT2D eigenvalue weighted by Crippen LogP contribution is -2.32. The molecule has 0 unspecified atom stereocenters. The number of aliphatic carboxylic acids is 2. The Labute approximate surface area is 233 Å². The lowest BCUT2D eigenvalue weighted by atomic mass is 10.1. The summed E-state index contributed by atoms with van der Waals surface area (Å²) >= 11 is 0. The van der Waals surface area contributed by atoms with E-state index in [0.29, 0.717) is 26.1 Å². The van der Waals surface area contributed by atoms with Crippen molar-refractivity contribution in [3.8, 4) is 11.5 Å². The molecule has 0 saturated carbocycles. The van der Waals surface area contributed by atoms with Gasteiger partial charge in [0.2, 0.25) is 0 Å². The van der Waals surface area contributed by atoms with Crippen LogP contribution in [0.4, 0.5) is 0 Å². The molecule has 8 nitrogen and oxygen atoms in total. The van der Waals surface area contributed by atoms with Crippen molar-refractivity contribution in [2.45, 2.75) is 38.1 Å². The first kappa shape index (κ1) is 29.9. The van der Waals surface area contributed by atoms with Gasteiger partial charge in [-0.1, -0.05) is 84.9 Å². The minimum absolute atomic E-state index is 0.314. The van der Waals surface area contributed by atoms with Crippen LogP contribution in [0.1, 0.15) is 22.3 Å². The van der Waals surface area contributed by atoms with Crippen molar-refractivity contribution in [1.82, 2.24) is 0 Å². The summed E-state index contributed by atoms with van der Waals surface area (Å²) in [4.78, 5) is 21.4. The molecule has 0 amide bonds. The quantitative estimate of drug-likeness (QED) is 0.206. The van der Waals surface area contributed by atoms with Crippen LogP contribution in [0.3, 0.4) is 0 Å². The van der Waals surface area contributed by atoms with Crippen molar-refractivity contribution in [2.75, 3.05) is 0 Å². The molecule has 2 atom stereocenters. The Bertz CT molecular complexity index is 1210. The Kier molecular flexibility index (Phi) is 11.7. The monoisotopic (exact) mass is 542 g/mol. The van der Waals surface area contributed by atoms with Gasteiger partial charge in [-0.2, -0.15) is 0 Å². The topological polar surface area (TPSA) is 145 Å². The average molecular weight is 543 g/mol. The molecule has 0 aromatic heterocycles. The third kappa shape index (κ3) is 10.6. The normalized spacial score (nSPS) is 11.8. The fourth-order valence-corrected chi connectivity index (χ4v) is 3.61. The summed E-state index contributed by atoms with van der Waals surface area (Å²) in [6.45, 7) is 1.02. The van der Waals surface area contributed by atoms with Crippen LogP contribution in [-0.4, -0.2) is 34.2 Å². The summed E-state index contributed by atoms with van der Waals surface area (Å²) < 4.78 is 11.3. The molecule has 40 heavy (non-hydrogen) atoms. The van der Waals surface area contributed by atoms with Crippen LogP contribution in [0.25, 0.3) is 0 Å². The van der Waals surface area contributed by atoms with Gasteiger partial charge in [-0.3, -0.25) is 9.59 Å². The summed E-state index contributed by atoms with van der Waals surface area (Å²) in [5.74, 6) is -0.480. The maximum absolute atomic E-state index is 10.7. The SMILES string of the molecule is N[C@@H](Cc1ccc(OCc2ccccc2)cc1)C(=O)O.N[C@@H](Cc1ccc(OCc2ccccc2)cc1)C(=O)O. The third-order valence-corrected chi connectivity index (χ3v) is 5.89. The Morgan fingerprint density at radius 1 is 0.525 bits per heavy atom.